The molecular formula is C20H29F3IN5O. The van der Waals surface area contributed by atoms with Crippen molar-refractivity contribution in [2.75, 3.05) is 13.7 Å². The molecule has 1 unspecified atom stereocenters. The molecule has 2 rings (SSSR count). The maximum atomic E-state index is 12.4. The smallest absolute Gasteiger partial charge is 0.422 e. The lowest BCUT2D eigenvalue weighted by molar-refractivity contribution is -0.153. The zero-order valence-corrected chi connectivity index (χ0v) is 20.1. The van der Waals surface area contributed by atoms with Crippen molar-refractivity contribution in [3.05, 3.63) is 46.8 Å². The second-order valence-electron chi connectivity index (χ2n) is 6.96. The molecular weight excluding hydrogens is 510 g/mol. The third-order valence-corrected chi connectivity index (χ3v) is 4.59. The number of alkyl halides is 3. The van der Waals surface area contributed by atoms with Gasteiger partial charge in [-0.05, 0) is 38.8 Å². The molecule has 30 heavy (non-hydrogen) atoms. The summed E-state index contributed by atoms with van der Waals surface area (Å²) < 4.78 is 44.1. The molecule has 1 aromatic carbocycles. The van der Waals surface area contributed by atoms with Crippen LogP contribution >= 0.6 is 24.0 Å². The fourth-order valence-electron chi connectivity index (χ4n) is 3.03. The Bertz CT molecular complexity index is 851. The number of aromatic nitrogens is 2. The van der Waals surface area contributed by atoms with E-state index >= 15 is 0 Å². The molecule has 2 aromatic rings. The van der Waals surface area contributed by atoms with E-state index in [4.69, 9.17) is 4.74 Å². The van der Waals surface area contributed by atoms with Crippen molar-refractivity contribution in [3.8, 4) is 5.75 Å². The van der Waals surface area contributed by atoms with E-state index in [1.807, 2.05) is 32.5 Å². The first-order valence-corrected chi connectivity index (χ1v) is 9.34. The number of hydrogen-bond donors (Lipinski definition) is 2. The summed E-state index contributed by atoms with van der Waals surface area (Å²) in [6, 6.07) is 6.72. The van der Waals surface area contributed by atoms with Gasteiger partial charge in [0.25, 0.3) is 0 Å². The minimum Gasteiger partial charge on any atom is -0.484 e. The molecule has 1 atom stereocenters. The predicted molar refractivity (Wildman–Crippen MR) is 123 cm³/mol. The molecule has 0 radical (unpaired) electrons. The van der Waals surface area contributed by atoms with Crippen molar-refractivity contribution in [1.82, 2.24) is 20.4 Å². The molecule has 0 bridgehead atoms. The van der Waals surface area contributed by atoms with Crippen LogP contribution in [0.2, 0.25) is 0 Å². The molecule has 6 nitrogen and oxygen atoms in total. The highest BCUT2D eigenvalue weighted by atomic mass is 127. The second-order valence-corrected chi connectivity index (χ2v) is 6.96. The number of hydrogen-bond acceptors (Lipinski definition) is 3. The van der Waals surface area contributed by atoms with Crippen LogP contribution in [0.15, 0.2) is 29.3 Å². The Morgan fingerprint density at radius 1 is 1.27 bits per heavy atom. The maximum Gasteiger partial charge on any atom is 0.422 e. The minimum atomic E-state index is -4.38. The molecule has 0 aliphatic rings. The predicted octanol–water partition coefficient (Wildman–Crippen LogP) is 3.89. The van der Waals surface area contributed by atoms with Crippen LogP contribution in [0, 0.1) is 13.8 Å². The molecule has 0 aliphatic carbocycles. The van der Waals surface area contributed by atoms with Crippen molar-refractivity contribution in [2.45, 2.75) is 46.0 Å². The standard InChI is InChI=1S/C20H28F3N5O.HI/c1-13(10-17-14(2)27-28(5)15(17)3)26-19(24-4)25-11-16-8-6-7-9-18(16)29-12-20(21,22)23;/h6-9,13H,10-12H2,1-5H3,(H2,24,25,26);1H. The molecule has 0 amide bonds. The molecule has 0 aliphatic heterocycles. The van der Waals surface area contributed by atoms with Crippen LogP contribution in [-0.4, -0.2) is 41.6 Å². The Kier molecular flexibility index (Phi) is 9.92. The molecule has 1 heterocycles. The topological polar surface area (TPSA) is 63.5 Å². The van der Waals surface area contributed by atoms with Gasteiger partial charge in [-0.1, -0.05) is 18.2 Å². The Hall–Kier alpha value is -1.98. The summed E-state index contributed by atoms with van der Waals surface area (Å²) >= 11 is 0. The zero-order chi connectivity index (χ0) is 21.6. The molecule has 168 valence electrons. The number of nitrogens with one attached hydrogen (secondary N) is 2. The van der Waals surface area contributed by atoms with E-state index in [9.17, 15) is 13.2 Å². The van der Waals surface area contributed by atoms with E-state index in [1.165, 1.54) is 11.6 Å². The van der Waals surface area contributed by atoms with Gasteiger partial charge in [-0.25, -0.2) is 0 Å². The Morgan fingerprint density at radius 3 is 2.50 bits per heavy atom. The van der Waals surface area contributed by atoms with E-state index in [0.717, 1.165) is 17.8 Å². The van der Waals surface area contributed by atoms with Gasteiger partial charge in [0.05, 0.1) is 5.69 Å². The number of guanidine groups is 1. The van der Waals surface area contributed by atoms with Crippen molar-refractivity contribution in [3.63, 3.8) is 0 Å². The molecule has 0 fully saturated rings. The lowest BCUT2D eigenvalue weighted by Crippen LogP contribution is -2.42. The quantitative estimate of drug-likeness (QED) is 0.319. The molecule has 2 N–H and O–H groups in total. The fourth-order valence-corrected chi connectivity index (χ4v) is 3.03. The molecule has 0 saturated carbocycles. The highest BCUT2D eigenvalue weighted by molar-refractivity contribution is 14.0. The van der Waals surface area contributed by atoms with Crippen molar-refractivity contribution in [2.24, 2.45) is 12.0 Å². The summed E-state index contributed by atoms with van der Waals surface area (Å²) in [6.45, 7) is 5.02. The van der Waals surface area contributed by atoms with Gasteiger partial charge >= 0.3 is 6.18 Å². The average molecular weight is 539 g/mol. The van der Waals surface area contributed by atoms with Crippen LogP contribution in [0.1, 0.15) is 29.4 Å². The van der Waals surface area contributed by atoms with Crippen LogP contribution in [-0.2, 0) is 20.0 Å². The number of aryl methyl sites for hydroxylation is 2. The number of nitrogens with zero attached hydrogens (tertiary/aromatic N) is 3. The van der Waals surface area contributed by atoms with E-state index < -0.39 is 12.8 Å². The van der Waals surface area contributed by atoms with Gasteiger partial charge in [0.1, 0.15) is 5.75 Å². The van der Waals surface area contributed by atoms with Gasteiger partial charge in [0.2, 0.25) is 0 Å². The third-order valence-electron chi connectivity index (χ3n) is 4.59. The number of rotatable bonds is 7. The van der Waals surface area contributed by atoms with Gasteiger partial charge in [-0.15, -0.1) is 24.0 Å². The highest BCUT2D eigenvalue weighted by Crippen LogP contribution is 2.22. The van der Waals surface area contributed by atoms with Crippen LogP contribution < -0.4 is 15.4 Å². The molecule has 10 heteroatoms. The highest BCUT2D eigenvalue weighted by Gasteiger charge is 2.28. The number of aliphatic imine (C=N–C) groups is 1. The van der Waals surface area contributed by atoms with E-state index in [2.05, 4.69) is 20.7 Å². The minimum absolute atomic E-state index is 0. The Labute approximate surface area is 192 Å². The van der Waals surface area contributed by atoms with E-state index in [0.29, 0.717) is 11.5 Å². The van der Waals surface area contributed by atoms with Crippen LogP contribution in [0.3, 0.4) is 0 Å². The van der Waals surface area contributed by atoms with Gasteiger partial charge in [0.15, 0.2) is 12.6 Å². The van der Waals surface area contributed by atoms with Gasteiger partial charge in [0, 0.05) is 37.9 Å². The Balaban J connectivity index is 0.00000450. The number of halogens is 4. The molecule has 0 spiro atoms. The summed E-state index contributed by atoms with van der Waals surface area (Å²) in [7, 11) is 3.57. The van der Waals surface area contributed by atoms with Crippen molar-refractivity contribution < 1.29 is 17.9 Å². The number of ether oxygens (including phenoxy) is 1. The van der Waals surface area contributed by atoms with E-state index in [1.54, 1.807) is 25.2 Å². The summed E-state index contributed by atoms with van der Waals surface area (Å²) in [5.41, 5.74) is 3.92. The first-order chi connectivity index (χ1) is 13.6. The number of benzene rings is 1. The van der Waals surface area contributed by atoms with Gasteiger partial charge < -0.3 is 15.4 Å². The first kappa shape index (κ1) is 26.1. The summed E-state index contributed by atoms with van der Waals surface area (Å²) in [5.74, 6) is 0.754. The monoisotopic (exact) mass is 539 g/mol. The lowest BCUT2D eigenvalue weighted by Gasteiger charge is -2.19. The van der Waals surface area contributed by atoms with Gasteiger partial charge in [-0.3, -0.25) is 9.67 Å². The maximum absolute atomic E-state index is 12.4. The average Bonchev–Trinajstić information content (AvgIpc) is 2.89. The lowest BCUT2D eigenvalue weighted by atomic mass is 10.1. The zero-order valence-electron chi connectivity index (χ0n) is 17.8. The van der Waals surface area contributed by atoms with Crippen molar-refractivity contribution >= 4 is 29.9 Å². The normalized spacial score (nSPS) is 12.9. The first-order valence-electron chi connectivity index (χ1n) is 9.34. The second kappa shape index (κ2) is 11.4. The fraction of sp³-hybridized carbons (Fsp3) is 0.500. The van der Waals surface area contributed by atoms with Gasteiger partial charge in [-0.2, -0.15) is 18.3 Å². The summed E-state index contributed by atoms with van der Waals surface area (Å²) in [4.78, 5) is 4.20. The van der Waals surface area contributed by atoms with Crippen LogP contribution in [0.4, 0.5) is 13.2 Å². The third kappa shape index (κ3) is 7.69. The SMILES string of the molecule is CN=C(NCc1ccccc1OCC(F)(F)F)NC(C)Cc1c(C)nn(C)c1C.I. The molecule has 1 aromatic heterocycles. The van der Waals surface area contributed by atoms with E-state index in [-0.39, 0.29) is 42.3 Å². The number of para-hydroxylation sites is 1. The van der Waals surface area contributed by atoms with Crippen molar-refractivity contribution in [1.29, 1.82) is 0 Å². The Morgan fingerprint density at radius 2 is 1.93 bits per heavy atom. The largest absolute Gasteiger partial charge is 0.484 e. The summed E-state index contributed by atoms with van der Waals surface area (Å²) in [5, 5.41) is 10.9. The van der Waals surface area contributed by atoms with Crippen LogP contribution in [0.25, 0.3) is 0 Å². The summed E-state index contributed by atoms with van der Waals surface area (Å²) in [6.07, 6.45) is -3.60. The van der Waals surface area contributed by atoms with Crippen LogP contribution in [0.5, 0.6) is 5.75 Å². The molecule has 0 saturated heterocycles.